The molecule has 0 aliphatic heterocycles. The number of aromatic nitrogens is 1. The minimum Gasteiger partial charge on any atom is -0.370 e. The molecule has 53 heavy (non-hydrogen) atoms. The number of carbonyl (C=O) groups is 5. The zero-order valence-electron chi connectivity index (χ0n) is 32.5. The fraction of sp³-hybridized carbons (Fsp3) is 0.459. The number of aromatic amines is 1. The van der Waals surface area contributed by atoms with Crippen molar-refractivity contribution >= 4 is 47.8 Å². The minimum atomic E-state index is -0.935. The second-order valence-corrected chi connectivity index (χ2v) is 12.3. The largest absolute Gasteiger partial charge is 0.370 e. The number of amides is 6. The molecule has 1 unspecified atom stereocenters. The first-order valence-electron chi connectivity index (χ1n) is 17.4. The number of nitrogens with one attached hydrogen (secondary N) is 7. The van der Waals surface area contributed by atoms with E-state index in [1.807, 2.05) is 57.3 Å². The smallest absolute Gasteiger partial charge is 0.333 e. The Morgan fingerprint density at radius 2 is 1.60 bits per heavy atom. The second kappa shape index (κ2) is 27.1. The molecule has 0 aliphatic rings. The van der Waals surface area contributed by atoms with E-state index in [2.05, 4.69) is 80.7 Å². The second-order valence-electron chi connectivity index (χ2n) is 12.3. The van der Waals surface area contributed by atoms with Crippen LogP contribution in [-0.2, 0) is 19.2 Å². The van der Waals surface area contributed by atoms with Crippen LogP contribution in [0.15, 0.2) is 54.2 Å². The highest BCUT2D eigenvalue weighted by Crippen LogP contribution is 2.16. The van der Waals surface area contributed by atoms with Gasteiger partial charge in [-0.3, -0.25) is 29.6 Å². The van der Waals surface area contributed by atoms with Crippen LogP contribution in [0.2, 0.25) is 0 Å². The zero-order chi connectivity index (χ0) is 40.3. The molecule has 1 heterocycles. The zero-order valence-corrected chi connectivity index (χ0v) is 32.5. The standard InChI is InChI=1S/C20H40N10O5.C10H13N.C7H8/c1-12(2)25-10-16(32)28-29-20(35)27-11-17(33)30(13(3)4)14(18(34)26-9-15(21)31)7-6-8-24-19(22)23-5;1-4-6-9-8(3)7-11-10(9)5-2;1-7-5-3-2-4-6-7/h12-14,25H,6-11H2,1-5H3,(H2,21,31)(H,26,34)(H,28,32)(H3,22,23,24)(H2,27,29,35);4-7,11H,2H2,1,3H3;2-6H,1H3/b;6-4-;. The van der Waals surface area contributed by atoms with Gasteiger partial charge in [-0.1, -0.05) is 68.5 Å². The molecule has 16 nitrogen and oxygen atoms in total. The van der Waals surface area contributed by atoms with Crippen LogP contribution < -0.4 is 43.6 Å². The molecule has 1 aromatic heterocycles. The highest BCUT2D eigenvalue weighted by molar-refractivity contribution is 5.92. The van der Waals surface area contributed by atoms with Gasteiger partial charge in [-0.2, -0.15) is 0 Å². The number of nitrogens with zero attached hydrogens (tertiary/aromatic N) is 2. The van der Waals surface area contributed by atoms with Gasteiger partial charge >= 0.3 is 6.03 Å². The van der Waals surface area contributed by atoms with Crippen LogP contribution >= 0.6 is 0 Å². The molecule has 294 valence electrons. The molecule has 6 amide bonds. The van der Waals surface area contributed by atoms with E-state index in [-0.39, 0.29) is 31.5 Å². The third-order valence-corrected chi connectivity index (χ3v) is 7.14. The molecule has 0 radical (unpaired) electrons. The average Bonchev–Trinajstić information content (AvgIpc) is 3.48. The predicted molar refractivity (Wildman–Crippen MR) is 212 cm³/mol. The number of nitrogens with two attached hydrogens (primary N) is 2. The number of rotatable bonds is 16. The van der Waals surface area contributed by atoms with Crippen LogP contribution in [0.1, 0.15) is 69.8 Å². The Morgan fingerprint density at radius 3 is 2.11 bits per heavy atom. The molecule has 11 N–H and O–H groups in total. The van der Waals surface area contributed by atoms with Crippen molar-refractivity contribution in [1.82, 2.24) is 42.0 Å². The number of allylic oxidation sites excluding steroid dienone is 1. The van der Waals surface area contributed by atoms with Crippen molar-refractivity contribution in [3.63, 3.8) is 0 Å². The molecule has 1 atom stereocenters. The maximum absolute atomic E-state index is 12.9. The van der Waals surface area contributed by atoms with Crippen molar-refractivity contribution in [2.24, 2.45) is 16.5 Å². The highest BCUT2D eigenvalue weighted by atomic mass is 16.2. The number of urea groups is 1. The SMILES string of the molecule is C=Cc1[nH]cc(C)c1/C=C\C.CN=C(N)NCCCC(C(=O)NCC(N)=O)N(C(=O)CNC(=O)NNC(=O)CNC(C)C)C(C)C.Cc1ccccc1. The quantitative estimate of drug-likeness (QED) is 0.0531. The number of hydrogen-bond acceptors (Lipinski definition) is 7. The topological polar surface area (TPSA) is 241 Å². The Balaban J connectivity index is 0.00000120. The lowest BCUT2D eigenvalue weighted by molar-refractivity contribution is -0.142. The van der Waals surface area contributed by atoms with E-state index in [0.29, 0.717) is 13.0 Å². The lowest BCUT2D eigenvalue weighted by Gasteiger charge is -2.34. The Morgan fingerprint density at radius 1 is 0.943 bits per heavy atom. The van der Waals surface area contributed by atoms with Gasteiger partial charge in [0.2, 0.25) is 17.7 Å². The van der Waals surface area contributed by atoms with Crippen LogP contribution in [0.5, 0.6) is 0 Å². The van der Waals surface area contributed by atoms with Crippen molar-refractivity contribution in [2.75, 3.05) is 33.2 Å². The molecule has 0 aliphatic carbocycles. The molecule has 0 saturated heterocycles. The number of aryl methyl sites for hydroxylation is 2. The van der Waals surface area contributed by atoms with E-state index in [0.717, 1.165) is 5.69 Å². The first-order chi connectivity index (χ1) is 25.1. The molecular formula is C37H61N11O5. The van der Waals surface area contributed by atoms with Gasteiger partial charge in [-0.15, -0.1) is 0 Å². The summed E-state index contributed by atoms with van der Waals surface area (Å²) in [5, 5.41) is 10.5. The molecule has 2 rings (SSSR count). The first kappa shape index (κ1) is 47.4. The van der Waals surface area contributed by atoms with E-state index in [1.165, 1.54) is 28.6 Å². The summed E-state index contributed by atoms with van der Waals surface area (Å²) in [7, 11) is 1.53. The van der Waals surface area contributed by atoms with Gasteiger partial charge in [0, 0.05) is 43.1 Å². The maximum atomic E-state index is 12.9. The number of benzene rings is 1. The maximum Gasteiger partial charge on any atom is 0.333 e. The minimum absolute atomic E-state index is 0.00468. The summed E-state index contributed by atoms with van der Waals surface area (Å²) in [5.74, 6) is -2.05. The van der Waals surface area contributed by atoms with Crippen molar-refractivity contribution in [3.8, 4) is 0 Å². The monoisotopic (exact) mass is 739 g/mol. The third kappa shape index (κ3) is 21.4. The molecule has 2 aromatic rings. The summed E-state index contributed by atoms with van der Waals surface area (Å²) < 4.78 is 0. The lowest BCUT2D eigenvalue weighted by atomic mass is 10.1. The van der Waals surface area contributed by atoms with Crippen molar-refractivity contribution in [3.05, 3.63) is 71.6 Å². The van der Waals surface area contributed by atoms with E-state index in [9.17, 15) is 24.0 Å². The van der Waals surface area contributed by atoms with Gasteiger partial charge in [0.05, 0.1) is 19.6 Å². The summed E-state index contributed by atoms with van der Waals surface area (Å²) in [5.41, 5.74) is 20.0. The summed E-state index contributed by atoms with van der Waals surface area (Å²) >= 11 is 0. The molecule has 0 bridgehead atoms. The number of hydrazine groups is 1. The molecule has 1 aromatic carbocycles. The van der Waals surface area contributed by atoms with E-state index in [4.69, 9.17) is 11.5 Å². The Hall–Kier alpha value is -5.64. The number of hydrogen-bond donors (Lipinski definition) is 9. The first-order valence-corrected chi connectivity index (χ1v) is 17.4. The van der Waals surface area contributed by atoms with Crippen LogP contribution in [0, 0.1) is 13.8 Å². The Kier molecular flexibility index (Phi) is 24.2. The fourth-order valence-corrected chi connectivity index (χ4v) is 4.51. The van der Waals surface area contributed by atoms with Gasteiger partial charge in [0.25, 0.3) is 5.91 Å². The Bertz CT molecular complexity index is 1490. The number of H-pyrrole nitrogens is 1. The number of primary amides is 1. The van der Waals surface area contributed by atoms with Crippen molar-refractivity contribution in [1.29, 1.82) is 0 Å². The predicted octanol–water partition coefficient (Wildman–Crippen LogP) is 1.83. The van der Waals surface area contributed by atoms with Gasteiger partial charge in [-0.25, -0.2) is 10.2 Å². The van der Waals surface area contributed by atoms with Crippen LogP contribution in [-0.4, -0.2) is 96.9 Å². The average molecular weight is 740 g/mol. The summed E-state index contributed by atoms with van der Waals surface area (Å²) in [4.78, 5) is 68.7. The highest BCUT2D eigenvalue weighted by Gasteiger charge is 2.31. The fourth-order valence-electron chi connectivity index (χ4n) is 4.51. The lowest BCUT2D eigenvalue weighted by Crippen LogP contribution is -2.57. The third-order valence-electron chi connectivity index (χ3n) is 7.14. The van der Waals surface area contributed by atoms with Crippen LogP contribution in [0.25, 0.3) is 12.2 Å². The van der Waals surface area contributed by atoms with E-state index in [1.54, 1.807) is 13.8 Å². The molecule has 0 saturated carbocycles. The Labute approximate surface area is 314 Å². The summed E-state index contributed by atoms with van der Waals surface area (Å²) in [6, 6.07) is 8.21. The van der Waals surface area contributed by atoms with Gasteiger partial charge in [0.15, 0.2) is 5.96 Å². The summed E-state index contributed by atoms with van der Waals surface area (Å²) in [6.07, 6.45) is 8.63. The van der Waals surface area contributed by atoms with Crippen LogP contribution in [0.3, 0.4) is 0 Å². The summed E-state index contributed by atoms with van der Waals surface area (Å²) in [6.45, 7) is 16.7. The van der Waals surface area contributed by atoms with Crippen LogP contribution in [0.4, 0.5) is 4.79 Å². The van der Waals surface area contributed by atoms with E-state index < -0.39 is 48.3 Å². The molecule has 0 fully saturated rings. The van der Waals surface area contributed by atoms with Crippen molar-refractivity contribution < 1.29 is 24.0 Å². The number of guanidine groups is 1. The molecule has 16 heteroatoms. The number of carbonyl (C=O) groups excluding carboxylic acids is 5. The van der Waals surface area contributed by atoms with Gasteiger partial charge < -0.3 is 42.6 Å². The normalized spacial score (nSPS) is 11.3. The molecular weight excluding hydrogens is 678 g/mol. The molecule has 0 spiro atoms. The van der Waals surface area contributed by atoms with Gasteiger partial charge in [0.1, 0.15) is 6.04 Å². The number of aliphatic imine (C=N–C) groups is 1. The van der Waals surface area contributed by atoms with Gasteiger partial charge in [-0.05, 0) is 59.1 Å². The van der Waals surface area contributed by atoms with E-state index >= 15 is 0 Å². The van der Waals surface area contributed by atoms with Crippen molar-refractivity contribution in [2.45, 2.75) is 79.4 Å².